The first kappa shape index (κ1) is 20.1. The number of aryl methyl sites for hydroxylation is 1. The number of rotatable bonds is 5. The van der Waals surface area contributed by atoms with E-state index in [1.54, 1.807) is 23.3 Å². The minimum absolute atomic E-state index is 0.0570. The van der Waals surface area contributed by atoms with Crippen molar-refractivity contribution in [3.05, 3.63) is 50.6 Å². The Morgan fingerprint density at radius 3 is 2.59 bits per heavy atom. The molecule has 1 saturated carbocycles. The molecule has 0 atom stereocenters. The van der Waals surface area contributed by atoms with Crippen LogP contribution in [-0.4, -0.2) is 30.3 Å². The molecule has 1 fully saturated rings. The third-order valence-corrected chi connectivity index (χ3v) is 6.87. The lowest BCUT2D eigenvalue weighted by molar-refractivity contribution is -0.139. The van der Waals surface area contributed by atoms with Gasteiger partial charge < -0.3 is 10.2 Å². The van der Waals surface area contributed by atoms with E-state index in [1.165, 1.54) is 6.42 Å². The quantitative estimate of drug-likeness (QED) is 0.689. The molecule has 0 bridgehead atoms. The highest BCUT2D eigenvalue weighted by molar-refractivity contribution is 9.10. The van der Waals surface area contributed by atoms with E-state index < -0.39 is 5.41 Å². The number of likely N-dealkylation sites (N-methyl/N-ethyl adjacent to an activating group) is 1. The first-order chi connectivity index (χ1) is 12.9. The summed E-state index contributed by atoms with van der Waals surface area (Å²) in [5, 5.41) is 4.95. The van der Waals surface area contributed by atoms with Gasteiger partial charge in [-0.1, -0.05) is 41.3 Å². The Hall–Kier alpha value is -1.66. The van der Waals surface area contributed by atoms with Crippen LogP contribution in [0, 0.1) is 6.92 Å². The van der Waals surface area contributed by atoms with Crippen molar-refractivity contribution in [1.82, 2.24) is 4.90 Å². The Morgan fingerprint density at radius 2 is 1.96 bits per heavy atom. The van der Waals surface area contributed by atoms with Gasteiger partial charge in [0.25, 0.3) is 0 Å². The van der Waals surface area contributed by atoms with Crippen molar-refractivity contribution < 1.29 is 9.59 Å². The average Bonchev–Trinajstić information content (AvgIpc) is 3.19. The van der Waals surface area contributed by atoms with Crippen LogP contribution in [0.25, 0.3) is 0 Å². The van der Waals surface area contributed by atoms with Gasteiger partial charge in [-0.25, -0.2) is 0 Å². The maximum atomic E-state index is 13.4. The second kappa shape index (κ2) is 8.57. The highest BCUT2D eigenvalue weighted by Gasteiger charge is 2.43. The highest BCUT2D eigenvalue weighted by atomic mass is 79.9. The summed E-state index contributed by atoms with van der Waals surface area (Å²) in [6.07, 6.45) is 5.02. The van der Waals surface area contributed by atoms with Gasteiger partial charge in [-0.3, -0.25) is 9.59 Å². The summed E-state index contributed by atoms with van der Waals surface area (Å²) >= 11 is 5.07. The molecule has 1 heterocycles. The van der Waals surface area contributed by atoms with Gasteiger partial charge in [-0.15, -0.1) is 11.3 Å². The molecular formula is C21H25BrN2O2S. The standard InChI is InChI=1S/C21H25BrN2O2S/c1-15-13-16(22)8-9-17(15)23-19(25)14-24(2)20(26)21(10-4-3-5-11-21)18-7-6-12-27-18/h6-9,12-13H,3-5,10-11,14H2,1-2H3,(H,23,25). The van der Waals surface area contributed by atoms with E-state index >= 15 is 0 Å². The molecule has 0 unspecified atom stereocenters. The van der Waals surface area contributed by atoms with E-state index in [1.807, 2.05) is 36.6 Å². The van der Waals surface area contributed by atoms with Crippen molar-refractivity contribution in [3.8, 4) is 0 Å². The summed E-state index contributed by atoms with van der Waals surface area (Å²) in [5.74, 6) is -0.110. The molecule has 1 aliphatic rings. The molecule has 144 valence electrons. The molecule has 0 saturated heterocycles. The van der Waals surface area contributed by atoms with Crippen molar-refractivity contribution in [3.63, 3.8) is 0 Å². The van der Waals surface area contributed by atoms with Gasteiger partial charge in [0.15, 0.2) is 0 Å². The van der Waals surface area contributed by atoms with Gasteiger partial charge in [-0.2, -0.15) is 0 Å². The second-order valence-electron chi connectivity index (χ2n) is 7.29. The normalized spacial score (nSPS) is 16.0. The molecule has 0 radical (unpaired) electrons. The van der Waals surface area contributed by atoms with Gasteiger partial charge in [0.05, 0.1) is 12.0 Å². The topological polar surface area (TPSA) is 49.4 Å². The van der Waals surface area contributed by atoms with Crippen LogP contribution >= 0.6 is 27.3 Å². The fourth-order valence-electron chi connectivity index (χ4n) is 3.88. The number of halogens is 1. The molecule has 0 spiro atoms. The molecule has 0 aliphatic heterocycles. The first-order valence-corrected chi connectivity index (χ1v) is 11.0. The summed E-state index contributed by atoms with van der Waals surface area (Å²) in [5.41, 5.74) is 1.29. The number of amides is 2. The Balaban J connectivity index is 1.71. The van der Waals surface area contributed by atoms with Crippen LogP contribution in [0.4, 0.5) is 5.69 Å². The zero-order valence-electron chi connectivity index (χ0n) is 15.8. The van der Waals surface area contributed by atoms with Gasteiger partial charge in [0.2, 0.25) is 11.8 Å². The predicted octanol–water partition coefficient (Wildman–Crippen LogP) is 5.12. The molecule has 6 heteroatoms. The Kier molecular flexibility index (Phi) is 6.37. The molecule has 1 aromatic heterocycles. The van der Waals surface area contributed by atoms with E-state index in [9.17, 15) is 9.59 Å². The molecule has 1 aromatic carbocycles. The van der Waals surface area contributed by atoms with Crippen LogP contribution in [-0.2, 0) is 15.0 Å². The zero-order valence-corrected chi connectivity index (χ0v) is 18.2. The zero-order chi connectivity index (χ0) is 19.4. The highest BCUT2D eigenvalue weighted by Crippen LogP contribution is 2.42. The van der Waals surface area contributed by atoms with Crippen LogP contribution < -0.4 is 5.32 Å². The minimum atomic E-state index is -0.463. The fraction of sp³-hybridized carbons (Fsp3) is 0.429. The summed E-state index contributed by atoms with van der Waals surface area (Å²) in [6.45, 7) is 2.00. The number of hydrogen-bond acceptors (Lipinski definition) is 3. The minimum Gasteiger partial charge on any atom is -0.336 e. The van der Waals surface area contributed by atoms with Gasteiger partial charge in [0, 0.05) is 22.1 Å². The van der Waals surface area contributed by atoms with Crippen molar-refractivity contribution in [2.24, 2.45) is 0 Å². The van der Waals surface area contributed by atoms with Crippen LogP contribution in [0.2, 0.25) is 0 Å². The maximum absolute atomic E-state index is 13.4. The molecule has 27 heavy (non-hydrogen) atoms. The van der Waals surface area contributed by atoms with Gasteiger partial charge in [0.1, 0.15) is 0 Å². The molecule has 2 amide bonds. The first-order valence-electron chi connectivity index (χ1n) is 9.28. The average molecular weight is 449 g/mol. The Bertz CT molecular complexity index is 814. The number of thiophene rings is 1. The van der Waals surface area contributed by atoms with Crippen LogP contribution in [0.5, 0.6) is 0 Å². The maximum Gasteiger partial charge on any atom is 0.243 e. The smallest absolute Gasteiger partial charge is 0.243 e. The van der Waals surface area contributed by atoms with Crippen LogP contribution in [0.3, 0.4) is 0 Å². The number of hydrogen-bond donors (Lipinski definition) is 1. The lowest BCUT2D eigenvalue weighted by atomic mass is 9.72. The van der Waals surface area contributed by atoms with Crippen LogP contribution in [0.1, 0.15) is 42.5 Å². The third kappa shape index (κ3) is 4.43. The fourth-order valence-corrected chi connectivity index (χ4v) is 5.33. The molecule has 1 N–H and O–H groups in total. The number of nitrogens with zero attached hydrogens (tertiary/aromatic N) is 1. The summed E-state index contributed by atoms with van der Waals surface area (Å²) in [4.78, 5) is 28.6. The molecule has 3 rings (SSSR count). The van der Waals surface area contributed by atoms with E-state index in [4.69, 9.17) is 0 Å². The lowest BCUT2D eigenvalue weighted by Crippen LogP contribution is -2.48. The molecular weight excluding hydrogens is 424 g/mol. The SMILES string of the molecule is Cc1cc(Br)ccc1NC(=O)CN(C)C(=O)C1(c2cccs2)CCCCC1. The largest absolute Gasteiger partial charge is 0.336 e. The van der Waals surface area contributed by atoms with Gasteiger partial charge >= 0.3 is 0 Å². The number of anilines is 1. The molecule has 2 aromatic rings. The van der Waals surface area contributed by atoms with Gasteiger partial charge in [-0.05, 0) is 55.0 Å². The summed E-state index contributed by atoms with van der Waals surface area (Å²) < 4.78 is 0.973. The lowest BCUT2D eigenvalue weighted by Gasteiger charge is -2.38. The monoisotopic (exact) mass is 448 g/mol. The van der Waals surface area contributed by atoms with Crippen molar-refractivity contribution in [2.75, 3.05) is 18.9 Å². The number of benzene rings is 1. The van der Waals surface area contributed by atoms with Crippen molar-refractivity contribution in [1.29, 1.82) is 0 Å². The summed E-state index contributed by atoms with van der Waals surface area (Å²) in [7, 11) is 1.74. The number of nitrogens with one attached hydrogen (secondary N) is 1. The molecule has 4 nitrogen and oxygen atoms in total. The van der Waals surface area contributed by atoms with Crippen LogP contribution in [0.15, 0.2) is 40.2 Å². The van der Waals surface area contributed by atoms with Crippen molar-refractivity contribution >= 4 is 44.8 Å². The van der Waals surface area contributed by atoms with E-state index in [0.717, 1.165) is 46.3 Å². The van der Waals surface area contributed by atoms with E-state index in [2.05, 4.69) is 27.3 Å². The van der Waals surface area contributed by atoms with Crippen molar-refractivity contribution in [2.45, 2.75) is 44.4 Å². The third-order valence-electron chi connectivity index (χ3n) is 5.30. The summed E-state index contributed by atoms with van der Waals surface area (Å²) in [6, 6.07) is 9.79. The molecule has 1 aliphatic carbocycles. The predicted molar refractivity (Wildman–Crippen MR) is 114 cm³/mol. The second-order valence-corrected chi connectivity index (χ2v) is 9.15. The Labute approximate surface area is 173 Å². The van der Waals surface area contributed by atoms with E-state index in [-0.39, 0.29) is 18.4 Å². The van der Waals surface area contributed by atoms with E-state index in [0.29, 0.717) is 0 Å². The number of carbonyl (C=O) groups is 2. The number of carbonyl (C=O) groups excluding carboxylic acids is 2. The Morgan fingerprint density at radius 1 is 1.22 bits per heavy atom.